The molecule has 0 aliphatic heterocycles. The van der Waals surface area contributed by atoms with Gasteiger partial charge in [-0.3, -0.25) is 4.79 Å². The predicted molar refractivity (Wildman–Crippen MR) is 88.5 cm³/mol. The van der Waals surface area contributed by atoms with Crippen LogP contribution in [0.1, 0.15) is 36.3 Å². The molecule has 2 aromatic rings. The van der Waals surface area contributed by atoms with E-state index in [0.29, 0.717) is 12.5 Å². The van der Waals surface area contributed by atoms with E-state index < -0.39 is 11.7 Å². The van der Waals surface area contributed by atoms with Crippen molar-refractivity contribution in [1.82, 2.24) is 15.3 Å². The van der Waals surface area contributed by atoms with Gasteiger partial charge in [-0.05, 0) is 30.5 Å². The average Bonchev–Trinajstić information content (AvgIpc) is 2.54. The molecule has 0 fully saturated rings. The third-order valence-electron chi connectivity index (χ3n) is 3.37. The Kier molecular flexibility index (Phi) is 5.95. The van der Waals surface area contributed by atoms with Crippen LogP contribution in [0.5, 0.6) is 0 Å². The summed E-state index contributed by atoms with van der Waals surface area (Å²) in [6, 6.07) is 6.14. The van der Waals surface area contributed by atoms with Gasteiger partial charge in [0.25, 0.3) is 5.91 Å². The van der Waals surface area contributed by atoms with Crippen LogP contribution < -0.4 is 10.6 Å². The topological polar surface area (TPSA) is 66.9 Å². The first-order valence-electron chi connectivity index (χ1n) is 7.80. The molecule has 1 amide bonds. The summed E-state index contributed by atoms with van der Waals surface area (Å²) in [7, 11) is 0. The molecular formula is C17H19F3N4O. The van der Waals surface area contributed by atoms with E-state index >= 15 is 0 Å². The monoisotopic (exact) mass is 352 g/mol. The highest BCUT2D eigenvalue weighted by atomic mass is 19.4. The molecule has 0 radical (unpaired) electrons. The highest BCUT2D eigenvalue weighted by Gasteiger charge is 2.30. The van der Waals surface area contributed by atoms with Crippen molar-refractivity contribution in [2.45, 2.75) is 26.4 Å². The molecule has 0 saturated carbocycles. The number of hydrogen-bond acceptors (Lipinski definition) is 4. The van der Waals surface area contributed by atoms with Gasteiger partial charge in [-0.1, -0.05) is 19.9 Å². The number of nitrogens with one attached hydrogen (secondary N) is 2. The van der Waals surface area contributed by atoms with Crippen molar-refractivity contribution in [3.8, 4) is 0 Å². The van der Waals surface area contributed by atoms with Gasteiger partial charge >= 0.3 is 6.18 Å². The fourth-order valence-corrected chi connectivity index (χ4v) is 2.04. The van der Waals surface area contributed by atoms with Crippen molar-refractivity contribution in [2.75, 3.05) is 11.9 Å². The van der Waals surface area contributed by atoms with Crippen LogP contribution in [0.4, 0.5) is 24.7 Å². The quantitative estimate of drug-likeness (QED) is 0.824. The number of halogens is 3. The molecule has 8 heteroatoms. The van der Waals surface area contributed by atoms with Crippen LogP contribution in [0.15, 0.2) is 36.7 Å². The molecule has 0 bridgehead atoms. The molecule has 1 aromatic carbocycles. The molecule has 1 heterocycles. The number of amides is 1. The molecule has 5 nitrogen and oxygen atoms in total. The van der Waals surface area contributed by atoms with Gasteiger partial charge in [0.1, 0.15) is 17.8 Å². The lowest BCUT2D eigenvalue weighted by Gasteiger charge is -2.11. The second-order valence-electron chi connectivity index (χ2n) is 5.93. The zero-order valence-electron chi connectivity index (χ0n) is 13.9. The van der Waals surface area contributed by atoms with E-state index in [9.17, 15) is 18.0 Å². The zero-order chi connectivity index (χ0) is 18.4. The standard InChI is InChI=1S/C17H19F3N4O/c1-11(2)6-7-21-16(25)14-9-15(23-10-22-14)24-13-5-3-4-12(8-13)17(18,19)20/h3-5,8-11H,6-7H2,1-2H3,(H,21,25)(H,22,23,24). The summed E-state index contributed by atoms with van der Waals surface area (Å²) in [5.74, 6) is 0.349. The number of rotatable bonds is 6. The lowest BCUT2D eigenvalue weighted by molar-refractivity contribution is -0.137. The Labute approximate surface area is 143 Å². The summed E-state index contributed by atoms with van der Waals surface area (Å²) in [4.78, 5) is 19.9. The second-order valence-corrected chi connectivity index (χ2v) is 5.93. The largest absolute Gasteiger partial charge is 0.416 e. The van der Waals surface area contributed by atoms with Crippen molar-refractivity contribution in [2.24, 2.45) is 5.92 Å². The fourth-order valence-electron chi connectivity index (χ4n) is 2.04. The maximum absolute atomic E-state index is 12.7. The van der Waals surface area contributed by atoms with Crippen molar-refractivity contribution in [3.05, 3.63) is 47.9 Å². The maximum atomic E-state index is 12.7. The van der Waals surface area contributed by atoms with Crippen molar-refractivity contribution >= 4 is 17.4 Å². The first-order chi connectivity index (χ1) is 11.8. The fraction of sp³-hybridized carbons (Fsp3) is 0.353. The molecular weight excluding hydrogens is 333 g/mol. The molecule has 2 rings (SSSR count). The molecule has 0 unspecified atom stereocenters. The van der Waals surface area contributed by atoms with Gasteiger partial charge < -0.3 is 10.6 Å². The van der Waals surface area contributed by atoms with Crippen LogP contribution in [0.3, 0.4) is 0 Å². The summed E-state index contributed by atoms with van der Waals surface area (Å²) >= 11 is 0. The third kappa shape index (κ3) is 5.74. The summed E-state index contributed by atoms with van der Waals surface area (Å²) in [5, 5.41) is 5.50. The van der Waals surface area contributed by atoms with Gasteiger partial charge in [-0.25, -0.2) is 9.97 Å². The normalized spacial score (nSPS) is 11.4. The molecule has 25 heavy (non-hydrogen) atoms. The first kappa shape index (κ1) is 18.7. The van der Waals surface area contributed by atoms with E-state index in [0.717, 1.165) is 18.6 Å². The smallest absolute Gasteiger partial charge is 0.351 e. The van der Waals surface area contributed by atoms with Gasteiger partial charge in [0, 0.05) is 18.3 Å². The Morgan fingerprint density at radius 3 is 2.64 bits per heavy atom. The summed E-state index contributed by atoms with van der Waals surface area (Å²) in [6.07, 6.45) is -2.40. The Morgan fingerprint density at radius 1 is 1.20 bits per heavy atom. The minimum Gasteiger partial charge on any atom is -0.351 e. The number of carbonyl (C=O) groups excluding carboxylic acids is 1. The summed E-state index contributed by atoms with van der Waals surface area (Å²) < 4.78 is 38.2. The number of nitrogens with zero attached hydrogens (tertiary/aromatic N) is 2. The number of alkyl halides is 3. The van der Waals surface area contributed by atoms with Gasteiger partial charge in [0.05, 0.1) is 5.56 Å². The van der Waals surface area contributed by atoms with Crippen molar-refractivity contribution in [3.63, 3.8) is 0 Å². The van der Waals surface area contributed by atoms with Crippen LogP contribution in [0.2, 0.25) is 0 Å². The zero-order valence-corrected chi connectivity index (χ0v) is 13.9. The summed E-state index contributed by atoms with van der Waals surface area (Å²) in [5.41, 5.74) is -0.397. The van der Waals surface area contributed by atoms with Crippen LogP contribution >= 0.6 is 0 Å². The molecule has 134 valence electrons. The van der Waals surface area contributed by atoms with Crippen LogP contribution in [-0.2, 0) is 6.18 Å². The van der Waals surface area contributed by atoms with Crippen LogP contribution in [0, 0.1) is 5.92 Å². The highest BCUT2D eigenvalue weighted by Crippen LogP contribution is 2.31. The SMILES string of the molecule is CC(C)CCNC(=O)c1cc(Nc2cccc(C(F)(F)F)c2)ncn1. The number of hydrogen-bond donors (Lipinski definition) is 2. The molecule has 2 N–H and O–H groups in total. The van der Waals surface area contributed by atoms with Crippen LogP contribution in [-0.4, -0.2) is 22.4 Å². The van der Waals surface area contributed by atoms with Gasteiger partial charge in [0.2, 0.25) is 0 Å². The average molecular weight is 352 g/mol. The number of benzene rings is 1. The second kappa shape index (κ2) is 7.96. The third-order valence-corrected chi connectivity index (χ3v) is 3.37. The number of carbonyl (C=O) groups is 1. The Morgan fingerprint density at radius 2 is 1.96 bits per heavy atom. The molecule has 0 aliphatic rings. The molecule has 0 saturated heterocycles. The number of aromatic nitrogens is 2. The first-order valence-corrected chi connectivity index (χ1v) is 7.80. The van der Waals surface area contributed by atoms with E-state index in [1.54, 1.807) is 0 Å². The number of anilines is 2. The van der Waals surface area contributed by atoms with Crippen LogP contribution in [0.25, 0.3) is 0 Å². The maximum Gasteiger partial charge on any atom is 0.416 e. The van der Waals surface area contributed by atoms with Gasteiger partial charge in [-0.15, -0.1) is 0 Å². The van der Waals surface area contributed by atoms with E-state index in [1.165, 1.54) is 24.5 Å². The highest BCUT2D eigenvalue weighted by molar-refractivity contribution is 5.92. The van der Waals surface area contributed by atoms with E-state index in [2.05, 4.69) is 20.6 Å². The van der Waals surface area contributed by atoms with Gasteiger partial charge in [-0.2, -0.15) is 13.2 Å². The minimum atomic E-state index is -4.43. The lowest BCUT2D eigenvalue weighted by Crippen LogP contribution is -2.26. The van der Waals surface area contributed by atoms with E-state index in [1.807, 2.05) is 13.8 Å². The Hall–Kier alpha value is -2.64. The molecule has 0 spiro atoms. The van der Waals surface area contributed by atoms with E-state index in [4.69, 9.17) is 0 Å². The Balaban J connectivity index is 2.08. The van der Waals surface area contributed by atoms with Crippen molar-refractivity contribution < 1.29 is 18.0 Å². The van der Waals surface area contributed by atoms with E-state index in [-0.39, 0.29) is 23.1 Å². The molecule has 0 atom stereocenters. The lowest BCUT2D eigenvalue weighted by atomic mass is 10.1. The molecule has 1 aromatic heterocycles. The van der Waals surface area contributed by atoms with Gasteiger partial charge in [0.15, 0.2) is 0 Å². The predicted octanol–water partition coefficient (Wildman–Crippen LogP) is 4.01. The Bertz CT molecular complexity index is 732. The molecule has 0 aliphatic carbocycles. The van der Waals surface area contributed by atoms with Crippen molar-refractivity contribution in [1.29, 1.82) is 0 Å². The minimum absolute atomic E-state index is 0.147. The summed E-state index contributed by atoms with van der Waals surface area (Å²) in [6.45, 7) is 4.62.